The van der Waals surface area contributed by atoms with Gasteiger partial charge in [-0.1, -0.05) is 24.3 Å². The van der Waals surface area contributed by atoms with Crippen molar-refractivity contribution in [2.24, 2.45) is 32.9 Å². The Hall–Kier alpha value is -7.96. The Morgan fingerprint density at radius 2 is 1.01 bits per heavy atom. The maximum atomic E-state index is 12.8. The number of carboxylic acids is 2. The van der Waals surface area contributed by atoms with Crippen LogP contribution < -0.4 is 54.8 Å². The molecule has 0 aromatic heterocycles. The van der Waals surface area contributed by atoms with Gasteiger partial charge in [-0.15, -0.1) is 0 Å². The number of benzene rings is 1. The lowest BCUT2D eigenvalue weighted by atomic mass is 9.92. The van der Waals surface area contributed by atoms with Gasteiger partial charge in [0.25, 0.3) is 0 Å². The van der Waals surface area contributed by atoms with E-state index in [1.165, 1.54) is 0 Å². The van der Waals surface area contributed by atoms with Crippen molar-refractivity contribution in [3.63, 3.8) is 0 Å². The molecule has 0 fully saturated rings. The Bertz CT molecular complexity index is 2040. The predicted molar refractivity (Wildman–Crippen MR) is 238 cm³/mol. The Morgan fingerprint density at radius 3 is 1.33 bits per heavy atom. The van der Waals surface area contributed by atoms with E-state index in [1.54, 1.807) is 24.3 Å². The highest BCUT2D eigenvalue weighted by Gasteiger charge is 2.48. The molecule has 0 bridgehead atoms. The molecule has 386 valence electrons. The summed E-state index contributed by atoms with van der Waals surface area (Å²) in [5, 5.41) is 74.7. The van der Waals surface area contributed by atoms with Gasteiger partial charge in [0.05, 0.1) is 37.4 Å². The lowest BCUT2D eigenvalue weighted by Crippen LogP contribution is -2.61. The average molecular weight is 995 g/mol. The van der Waals surface area contributed by atoms with E-state index in [0.29, 0.717) is 11.1 Å². The van der Waals surface area contributed by atoms with Gasteiger partial charge in [0.1, 0.15) is 12.2 Å². The fourth-order valence-corrected chi connectivity index (χ4v) is 6.85. The van der Waals surface area contributed by atoms with E-state index in [2.05, 4.69) is 41.9 Å². The Kier molecular flexibility index (Phi) is 21.9. The Labute approximate surface area is 397 Å². The third kappa shape index (κ3) is 17.9. The Morgan fingerprint density at radius 1 is 0.643 bits per heavy atom. The molecule has 2 aliphatic rings. The number of aliphatic hydroxyl groups is 4. The third-order valence-electron chi connectivity index (χ3n) is 9.85. The van der Waals surface area contributed by atoms with Gasteiger partial charge in [0.15, 0.2) is 36.3 Å². The van der Waals surface area contributed by atoms with Crippen LogP contribution in [0.4, 0.5) is 9.59 Å². The molecule has 30 nitrogen and oxygen atoms in total. The molecular weight excluding hydrogens is 937 g/mol. The number of hydrogen-bond acceptors (Lipinski definition) is 18. The number of carbonyl (C=O) groups is 8. The molecule has 0 spiro atoms. The number of guanidine groups is 2. The van der Waals surface area contributed by atoms with Crippen LogP contribution in [0.15, 0.2) is 57.9 Å². The molecule has 0 saturated carbocycles. The van der Waals surface area contributed by atoms with Crippen molar-refractivity contribution in [1.82, 2.24) is 31.9 Å². The van der Waals surface area contributed by atoms with Crippen molar-refractivity contribution >= 4 is 59.7 Å². The molecule has 1 aromatic carbocycles. The number of rotatable bonds is 24. The van der Waals surface area contributed by atoms with Gasteiger partial charge < -0.3 is 104 Å². The smallest absolute Gasteiger partial charge is 0.407 e. The van der Waals surface area contributed by atoms with Gasteiger partial charge in [-0.05, 0) is 23.3 Å². The van der Waals surface area contributed by atoms with Gasteiger partial charge >= 0.3 is 24.1 Å². The zero-order valence-electron chi connectivity index (χ0n) is 37.7. The second-order valence-corrected chi connectivity index (χ2v) is 15.3. The fourth-order valence-electron chi connectivity index (χ4n) is 6.85. The van der Waals surface area contributed by atoms with Gasteiger partial charge in [-0.2, -0.15) is 0 Å². The summed E-state index contributed by atoms with van der Waals surface area (Å²) in [6, 6.07) is 1.57. The molecule has 10 unspecified atom stereocenters. The van der Waals surface area contributed by atoms with E-state index in [1.807, 2.05) is 0 Å². The number of carbonyl (C=O) groups excluding carboxylic acids is 6. The highest BCUT2D eigenvalue weighted by molar-refractivity contribution is 5.86. The first-order chi connectivity index (χ1) is 33.0. The number of aliphatic imine (C=N–C) groups is 2. The second-order valence-electron chi connectivity index (χ2n) is 15.3. The highest BCUT2D eigenvalue weighted by atomic mass is 16.6. The van der Waals surface area contributed by atoms with Crippen LogP contribution in [0.5, 0.6) is 0 Å². The maximum Gasteiger partial charge on any atom is 0.407 e. The fraction of sp³-hybridized carbons (Fsp3) is 0.500. The highest BCUT2D eigenvalue weighted by Crippen LogP contribution is 2.28. The van der Waals surface area contributed by atoms with Crippen LogP contribution in [0.2, 0.25) is 0 Å². The molecule has 2 aliphatic heterocycles. The van der Waals surface area contributed by atoms with Gasteiger partial charge in [-0.25, -0.2) is 29.2 Å². The number of nitrogens with two attached hydrogens (primary N) is 4. The second kappa shape index (κ2) is 27.1. The first-order valence-corrected chi connectivity index (χ1v) is 21.1. The van der Waals surface area contributed by atoms with Crippen LogP contribution in [-0.4, -0.2) is 177 Å². The number of alkyl carbamates (subject to hydrolysis) is 2. The van der Waals surface area contributed by atoms with Crippen LogP contribution in [0.25, 0.3) is 0 Å². The maximum absolute atomic E-state index is 12.8. The van der Waals surface area contributed by atoms with E-state index < -0.39 is 145 Å². The average Bonchev–Trinajstić information content (AvgIpc) is 3.28. The predicted octanol–water partition coefficient (Wildman–Crippen LogP) is -6.38. The van der Waals surface area contributed by atoms with Crippen LogP contribution in [-0.2, 0) is 60.8 Å². The topological polar surface area (TPSA) is 496 Å². The number of aliphatic hydroxyl groups excluding tert-OH is 4. The van der Waals surface area contributed by atoms with Crippen molar-refractivity contribution in [2.45, 2.75) is 101 Å². The van der Waals surface area contributed by atoms with Crippen LogP contribution in [0.1, 0.15) is 37.8 Å². The lowest BCUT2D eigenvalue weighted by molar-refractivity contribution is -0.147. The molecule has 0 aliphatic carbocycles. The lowest BCUT2D eigenvalue weighted by Gasteiger charge is -2.39. The standard InChI is InChI=1S/C40H58N12O18/c1-17(55)49-29-21(51-37(41)42)11-25(35(61)62)67-33(29)31(23(57)15-53)69-39(65)45-8-6-27(59)47-13-19-4-3-5-20(10-19)14-48-28(60)7-9-46-40(66)70-32(24(58)16-54)34-30(50-18(2)56)22(52-38(43)44)12-26(68-34)36(63)64/h3-5,10-12,21-24,29-34,53-54,57-58H,6-9,13-16H2,1-2H3,(H,45,65)(H,46,66)(H,47,59)(H,48,60)(H,49,55)(H,50,56)(H,61,62)(H,63,64)(H4,41,42,51)(H4,43,44,52). The van der Waals surface area contributed by atoms with Crippen molar-refractivity contribution in [3.05, 3.63) is 59.1 Å². The van der Waals surface area contributed by atoms with Crippen molar-refractivity contribution < 1.29 is 87.9 Å². The number of nitrogens with zero attached hydrogens (tertiary/aromatic N) is 2. The van der Waals surface area contributed by atoms with E-state index in [0.717, 1.165) is 26.0 Å². The molecule has 1 aromatic rings. The summed E-state index contributed by atoms with van der Waals surface area (Å²) in [5.41, 5.74) is 23.2. The number of amides is 6. The molecule has 30 heteroatoms. The summed E-state index contributed by atoms with van der Waals surface area (Å²) >= 11 is 0. The zero-order chi connectivity index (χ0) is 52.2. The first kappa shape index (κ1) is 56.4. The summed E-state index contributed by atoms with van der Waals surface area (Å²) in [4.78, 5) is 107. The third-order valence-corrected chi connectivity index (χ3v) is 9.85. The molecule has 70 heavy (non-hydrogen) atoms. The normalized spacial score (nSPS) is 21.0. The number of ether oxygens (including phenoxy) is 4. The summed E-state index contributed by atoms with van der Waals surface area (Å²) in [7, 11) is 0. The molecule has 0 saturated heterocycles. The van der Waals surface area contributed by atoms with Gasteiger partial charge in [0, 0.05) is 52.9 Å². The number of hydrogen-bond donors (Lipinski definition) is 16. The van der Waals surface area contributed by atoms with Crippen LogP contribution in [0.3, 0.4) is 0 Å². The Balaban J connectivity index is 1.51. The summed E-state index contributed by atoms with van der Waals surface area (Å²) in [5.74, 6) is -7.92. The molecule has 2 heterocycles. The van der Waals surface area contributed by atoms with Gasteiger partial charge in [-0.3, -0.25) is 19.2 Å². The number of nitrogens with one attached hydrogen (secondary N) is 6. The molecule has 6 amide bonds. The number of carboxylic acid groups (broad SMARTS) is 2. The quantitative estimate of drug-likeness (QED) is 0.0338. The number of aliphatic carboxylic acids is 2. The molecular formula is C40H58N12O18. The summed E-state index contributed by atoms with van der Waals surface area (Å²) < 4.78 is 21.5. The molecule has 20 N–H and O–H groups in total. The van der Waals surface area contributed by atoms with E-state index >= 15 is 0 Å². The summed E-state index contributed by atoms with van der Waals surface area (Å²) in [6.45, 7) is -0.309. The van der Waals surface area contributed by atoms with E-state index in [-0.39, 0.29) is 39.0 Å². The van der Waals surface area contributed by atoms with Crippen LogP contribution in [0, 0.1) is 0 Å². The first-order valence-electron chi connectivity index (χ1n) is 21.1. The van der Waals surface area contributed by atoms with Gasteiger partial charge in [0.2, 0.25) is 35.1 Å². The van der Waals surface area contributed by atoms with Crippen molar-refractivity contribution in [1.29, 1.82) is 0 Å². The largest absolute Gasteiger partial charge is 0.477 e. The summed E-state index contributed by atoms with van der Waals surface area (Å²) in [6.07, 6.45) is -11.6. The van der Waals surface area contributed by atoms with Crippen molar-refractivity contribution in [3.8, 4) is 0 Å². The minimum absolute atomic E-state index is 0.0219. The SMILES string of the molecule is CC(=O)NC1C(N=C(N)N)C=C(C(=O)O)OC1C(OC(=O)NCCC(=O)NCc1cccc(CNC(=O)CCNC(=O)OC(C(O)CO)C2OC(C(=O)O)=CC(N=C(N)N)C2NC(C)=O)c1)C(O)CO. The van der Waals surface area contributed by atoms with Crippen LogP contribution >= 0.6 is 0 Å². The molecule has 0 radical (unpaired) electrons. The van der Waals surface area contributed by atoms with E-state index in [4.69, 9.17) is 41.9 Å². The minimum Gasteiger partial charge on any atom is -0.477 e. The molecule has 3 rings (SSSR count). The monoisotopic (exact) mass is 994 g/mol. The van der Waals surface area contributed by atoms with E-state index in [9.17, 15) is 69.0 Å². The van der Waals surface area contributed by atoms with Crippen molar-refractivity contribution in [2.75, 3.05) is 26.3 Å². The molecule has 10 atom stereocenters. The minimum atomic E-state index is -1.86. The zero-order valence-corrected chi connectivity index (χ0v) is 37.7.